The SMILES string of the molecule is CNC(=O)[C@@H](C)Nc1cccc(C)c1C. The molecule has 0 aliphatic rings. The van der Waals surface area contributed by atoms with Gasteiger partial charge < -0.3 is 10.6 Å². The molecule has 82 valence electrons. The third kappa shape index (κ3) is 2.72. The number of carbonyl (C=O) groups is 1. The summed E-state index contributed by atoms with van der Waals surface area (Å²) in [5.41, 5.74) is 3.43. The van der Waals surface area contributed by atoms with E-state index >= 15 is 0 Å². The maximum Gasteiger partial charge on any atom is 0.241 e. The lowest BCUT2D eigenvalue weighted by Crippen LogP contribution is -2.35. The number of benzene rings is 1. The third-order valence-electron chi connectivity index (χ3n) is 2.62. The van der Waals surface area contributed by atoms with Crippen molar-refractivity contribution >= 4 is 11.6 Å². The molecule has 1 amide bonds. The van der Waals surface area contributed by atoms with Crippen molar-refractivity contribution < 1.29 is 4.79 Å². The highest BCUT2D eigenvalue weighted by atomic mass is 16.2. The van der Waals surface area contributed by atoms with Crippen LogP contribution in [0.1, 0.15) is 18.1 Å². The van der Waals surface area contributed by atoms with Crippen molar-refractivity contribution in [3.05, 3.63) is 29.3 Å². The van der Waals surface area contributed by atoms with Gasteiger partial charge in [0.05, 0.1) is 0 Å². The van der Waals surface area contributed by atoms with Gasteiger partial charge >= 0.3 is 0 Å². The summed E-state index contributed by atoms with van der Waals surface area (Å²) in [5, 5.41) is 5.81. The molecular weight excluding hydrogens is 188 g/mol. The van der Waals surface area contributed by atoms with Gasteiger partial charge in [-0.1, -0.05) is 12.1 Å². The van der Waals surface area contributed by atoms with Crippen molar-refractivity contribution in [1.82, 2.24) is 5.32 Å². The largest absolute Gasteiger partial charge is 0.374 e. The van der Waals surface area contributed by atoms with Crippen LogP contribution in [-0.2, 0) is 4.79 Å². The molecule has 0 saturated heterocycles. The molecule has 0 heterocycles. The van der Waals surface area contributed by atoms with Gasteiger partial charge in [-0.25, -0.2) is 0 Å². The van der Waals surface area contributed by atoms with E-state index in [1.165, 1.54) is 11.1 Å². The Kier molecular flexibility index (Phi) is 3.72. The predicted octanol–water partition coefficient (Wildman–Crippen LogP) is 1.85. The Labute approximate surface area is 90.9 Å². The van der Waals surface area contributed by atoms with Crippen LogP contribution in [0.25, 0.3) is 0 Å². The van der Waals surface area contributed by atoms with Crippen LogP contribution < -0.4 is 10.6 Å². The van der Waals surface area contributed by atoms with Crippen molar-refractivity contribution in [3.8, 4) is 0 Å². The first-order valence-electron chi connectivity index (χ1n) is 5.10. The number of aryl methyl sites for hydroxylation is 1. The molecule has 0 aliphatic heterocycles. The van der Waals surface area contributed by atoms with Crippen molar-refractivity contribution in [2.75, 3.05) is 12.4 Å². The van der Waals surface area contributed by atoms with Gasteiger partial charge in [-0.2, -0.15) is 0 Å². The molecule has 0 unspecified atom stereocenters. The molecule has 1 aromatic rings. The van der Waals surface area contributed by atoms with Gasteiger partial charge in [-0.3, -0.25) is 4.79 Å². The summed E-state index contributed by atoms with van der Waals surface area (Å²) < 4.78 is 0. The topological polar surface area (TPSA) is 41.1 Å². The lowest BCUT2D eigenvalue weighted by Gasteiger charge is -2.16. The van der Waals surface area contributed by atoms with E-state index in [0.29, 0.717) is 0 Å². The van der Waals surface area contributed by atoms with Gasteiger partial charge in [-0.15, -0.1) is 0 Å². The molecule has 1 rings (SSSR count). The second kappa shape index (κ2) is 4.82. The highest BCUT2D eigenvalue weighted by Crippen LogP contribution is 2.18. The van der Waals surface area contributed by atoms with Crippen LogP contribution in [0.2, 0.25) is 0 Å². The van der Waals surface area contributed by atoms with Crippen molar-refractivity contribution in [2.45, 2.75) is 26.8 Å². The number of amides is 1. The summed E-state index contributed by atoms with van der Waals surface area (Å²) >= 11 is 0. The molecule has 0 radical (unpaired) electrons. The fourth-order valence-electron chi connectivity index (χ4n) is 1.42. The maximum atomic E-state index is 11.3. The van der Waals surface area contributed by atoms with E-state index in [0.717, 1.165) is 5.69 Å². The molecule has 15 heavy (non-hydrogen) atoms. The van der Waals surface area contributed by atoms with E-state index in [-0.39, 0.29) is 11.9 Å². The Morgan fingerprint density at radius 3 is 2.60 bits per heavy atom. The molecule has 0 aliphatic carbocycles. The van der Waals surface area contributed by atoms with Crippen LogP contribution in [0.3, 0.4) is 0 Å². The minimum absolute atomic E-state index is 0.00379. The lowest BCUT2D eigenvalue weighted by molar-refractivity contribution is -0.121. The second-order valence-corrected chi connectivity index (χ2v) is 3.73. The normalized spacial score (nSPS) is 12.0. The molecule has 0 spiro atoms. The number of nitrogens with one attached hydrogen (secondary N) is 2. The predicted molar refractivity (Wildman–Crippen MR) is 63.1 cm³/mol. The van der Waals surface area contributed by atoms with Gasteiger partial charge in [-0.05, 0) is 38.0 Å². The molecule has 0 aromatic heterocycles. The maximum absolute atomic E-state index is 11.3. The van der Waals surface area contributed by atoms with E-state index < -0.39 is 0 Å². The molecular formula is C12H18N2O. The number of anilines is 1. The smallest absolute Gasteiger partial charge is 0.241 e. The number of hydrogen-bond donors (Lipinski definition) is 2. The molecule has 1 atom stereocenters. The molecule has 3 heteroatoms. The zero-order chi connectivity index (χ0) is 11.4. The highest BCUT2D eigenvalue weighted by Gasteiger charge is 2.11. The Morgan fingerprint density at radius 2 is 2.00 bits per heavy atom. The minimum atomic E-state index is -0.213. The summed E-state index contributed by atoms with van der Waals surface area (Å²) in [6.45, 7) is 5.96. The van der Waals surface area contributed by atoms with Crippen LogP contribution >= 0.6 is 0 Å². The van der Waals surface area contributed by atoms with E-state index in [2.05, 4.69) is 23.6 Å². The Bertz CT molecular complexity index is 361. The van der Waals surface area contributed by atoms with Gasteiger partial charge in [0, 0.05) is 12.7 Å². The Balaban J connectivity index is 2.81. The van der Waals surface area contributed by atoms with Gasteiger partial charge in [0.15, 0.2) is 0 Å². The molecule has 2 N–H and O–H groups in total. The molecule has 1 aromatic carbocycles. The van der Waals surface area contributed by atoms with Crippen LogP contribution in [0, 0.1) is 13.8 Å². The molecule has 0 saturated carbocycles. The third-order valence-corrected chi connectivity index (χ3v) is 2.62. The summed E-state index contributed by atoms with van der Waals surface area (Å²) in [6.07, 6.45) is 0. The van der Waals surface area contributed by atoms with E-state index in [1.54, 1.807) is 7.05 Å². The van der Waals surface area contributed by atoms with Crippen LogP contribution in [0.4, 0.5) is 5.69 Å². The fourth-order valence-corrected chi connectivity index (χ4v) is 1.42. The van der Waals surface area contributed by atoms with Crippen molar-refractivity contribution in [3.63, 3.8) is 0 Å². The van der Waals surface area contributed by atoms with E-state index in [9.17, 15) is 4.79 Å². The number of rotatable bonds is 3. The average Bonchev–Trinajstić information content (AvgIpc) is 2.23. The molecule has 0 bridgehead atoms. The van der Waals surface area contributed by atoms with Crippen LogP contribution in [0.15, 0.2) is 18.2 Å². The summed E-state index contributed by atoms with van der Waals surface area (Å²) in [7, 11) is 1.64. The van der Waals surface area contributed by atoms with Gasteiger partial charge in [0.1, 0.15) is 6.04 Å². The van der Waals surface area contributed by atoms with Crippen molar-refractivity contribution in [1.29, 1.82) is 0 Å². The Hall–Kier alpha value is -1.51. The average molecular weight is 206 g/mol. The second-order valence-electron chi connectivity index (χ2n) is 3.73. The van der Waals surface area contributed by atoms with Crippen LogP contribution in [0.5, 0.6) is 0 Å². The quantitative estimate of drug-likeness (QED) is 0.792. The summed E-state index contributed by atoms with van der Waals surface area (Å²) in [4.78, 5) is 11.3. The molecule has 3 nitrogen and oxygen atoms in total. The van der Waals surface area contributed by atoms with Crippen molar-refractivity contribution in [2.24, 2.45) is 0 Å². The van der Waals surface area contributed by atoms with Gasteiger partial charge in [0.25, 0.3) is 0 Å². The lowest BCUT2D eigenvalue weighted by atomic mass is 10.1. The highest BCUT2D eigenvalue weighted by molar-refractivity contribution is 5.84. The zero-order valence-corrected chi connectivity index (χ0v) is 9.72. The number of hydrogen-bond acceptors (Lipinski definition) is 2. The minimum Gasteiger partial charge on any atom is -0.374 e. The van der Waals surface area contributed by atoms with E-state index in [1.807, 2.05) is 26.0 Å². The summed E-state index contributed by atoms with van der Waals surface area (Å²) in [5.74, 6) is -0.00379. The zero-order valence-electron chi connectivity index (χ0n) is 9.72. The monoisotopic (exact) mass is 206 g/mol. The standard InChI is InChI=1S/C12H18N2O/c1-8-6-5-7-11(9(8)2)14-10(3)12(15)13-4/h5-7,10,14H,1-4H3,(H,13,15)/t10-/m1/s1. The first-order chi connectivity index (χ1) is 7.06. The van der Waals surface area contributed by atoms with Gasteiger partial charge in [0.2, 0.25) is 5.91 Å². The van der Waals surface area contributed by atoms with E-state index in [4.69, 9.17) is 0 Å². The first-order valence-corrected chi connectivity index (χ1v) is 5.10. The van der Waals surface area contributed by atoms with Crippen LogP contribution in [-0.4, -0.2) is 19.0 Å². The number of carbonyl (C=O) groups excluding carboxylic acids is 1. The molecule has 0 fully saturated rings. The number of likely N-dealkylation sites (N-methyl/N-ethyl adjacent to an activating group) is 1. The summed E-state index contributed by atoms with van der Waals surface area (Å²) in [6, 6.07) is 5.82. The fraction of sp³-hybridized carbons (Fsp3) is 0.417. The first kappa shape index (κ1) is 11.6. The Morgan fingerprint density at radius 1 is 1.33 bits per heavy atom.